The molecule has 0 fully saturated rings. The van der Waals surface area contributed by atoms with Gasteiger partial charge in [-0.15, -0.1) is 11.3 Å². The Balaban J connectivity index is 1.65. The van der Waals surface area contributed by atoms with E-state index in [2.05, 4.69) is 15.0 Å². The molecule has 3 heterocycles. The lowest BCUT2D eigenvalue weighted by Crippen LogP contribution is -2.18. The first-order valence-electron chi connectivity index (χ1n) is 9.17. The molecular formula is C23H14ClN3O2S. The summed E-state index contributed by atoms with van der Waals surface area (Å²) in [6.07, 6.45) is 2.96. The van der Waals surface area contributed by atoms with Gasteiger partial charge in [0, 0.05) is 26.4 Å². The van der Waals surface area contributed by atoms with Gasteiger partial charge < -0.3 is 9.97 Å². The third-order valence-corrected chi connectivity index (χ3v) is 5.91. The number of ketones is 1. The Kier molecular flexibility index (Phi) is 4.58. The van der Waals surface area contributed by atoms with Crippen LogP contribution >= 0.6 is 22.9 Å². The number of imidazole rings is 1. The second kappa shape index (κ2) is 7.40. The fourth-order valence-corrected chi connectivity index (χ4v) is 4.43. The smallest absolute Gasteiger partial charge is 0.260 e. The van der Waals surface area contributed by atoms with Gasteiger partial charge in [-0.25, -0.2) is 4.98 Å². The molecule has 0 aliphatic rings. The maximum Gasteiger partial charge on any atom is 0.260 e. The molecule has 0 aliphatic carbocycles. The molecule has 0 spiro atoms. The van der Waals surface area contributed by atoms with Crippen LogP contribution < -0.4 is 5.56 Å². The van der Waals surface area contributed by atoms with Crippen molar-refractivity contribution >= 4 is 56.7 Å². The predicted octanol–water partition coefficient (Wildman–Crippen LogP) is 5.68. The summed E-state index contributed by atoms with van der Waals surface area (Å²) in [6.45, 7) is 0. The lowest BCUT2D eigenvalue weighted by Gasteiger charge is -2.10. The molecule has 7 heteroatoms. The monoisotopic (exact) mass is 431 g/mol. The van der Waals surface area contributed by atoms with Crippen LogP contribution in [0.4, 0.5) is 0 Å². The molecule has 0 saturated heterocycles. The van der Waals surface area contributed by atoms with Crippen molar-refractivity contribution in [3.05, 3.63) is 92.8 Å². The van der Waals surface area contributed by atoms with Crippen molar-refractivity contribution in [1.29, 1.82) is 0 Å². The van der Waals surface area contributed by atoms with E-state index < -0.39 is 11.3 Å². The number of aromatic amines is 2. The Morgan fingerprint density at radius 1 is 1.03 bits per heavy atom. The number of hydrogen-bond donors (Lipinski definition) is 2. The highest BCUT2D eigenvalue weighted by Gasteiger charge is 2.20. The molecule has 0 amide bonds. The number of thiophene rings is 1. The fraction of sp³-hybridized carbons (Fsp3) is 0. The molecule has 0 unspecified atom stereocenters. The number of nitrogens with zero attached hydrogens (tertiary/aromatic N) is 1. The molecule has 0 aliphatic heterocycles. The minimum absolute atomic E-state index is 0.0829. The average Bonchev–Trinajstić information content (AvgIpc) is 3.41. The predicted molar refractivity (Wildman–Crippen MR) is 122 cm³/mol. The van der Waals surface area contributed by atoms with E-state index in [1.165, 1.54) is 17.4 Å². The largest absolute Gasteiger partial charge is 0.338 e. The topological polar surface area (TPSA) is 78.6 Å². The van der Waals surface area contributed by atoms with Gasteiger partial charge in [0.15, 0.2) is 5.78 Å². The lowest BCUT2D eigenvalue weighted by molar-refractivity contribution is 0.104. The van der Waals surface area contributed by atoms with Crippen molar-refractivity contribution in [3.63, 3.8) is 0 Å². The van der Waals surface area contributed by atoms with Crippen molar-refractivity contribution in [2.24, 2.45) is 0 Å². The first kappa shape index (κ1) is 18.5. The summed E-state index contributed by atoms with van der Waals surface area (Å²) in [7, 11) is 0. The Labute approximate surface area is 179 Å². The van der Waals surface area contributed by atoms with Gasteiger partial charge in [-0.3, -0.25) is 9.59 Å². The SMILES string of the molecule is O=C(C=Cc1nc2ccccc2[nH]1)c1c(-c2cccs2)c2cc(Cl)ccc2[nH]c1=O. The molecule has 0 bridgehead atoms. The Morgan fingerprint density at radius 3 is 2.70 bits per heavy atom. The maximum atomic E-state index is 13.1. The van der Waals surface area contributed by atoms with Gasteiger partial charge in [0.05, 0.1) is 16.6 Å². The van der Waals surface area contributed by atoms with Gasteiger partial charge in [0.25, 0.3) is 5.56 Å². The lowest BCUT2D eigenvalue weighted by atomic mass is 9.98. The van der Waals surface area contributed by atoms with Crippen LogP contribution in [-0.2, 0) is 0 Å². The van der Waals surface area contributed by atoms with Crippen LogP contribution in [0.1, 0.15) is 16.2 Å². The standard InChI is InChI=1S/C23H14ClN3O2S/c24-13-7-8-15-14(12-13)21(19-6-3-11-30-19)22(23(29)27-15)18(28)9-10-20-25-16-4-1-2-5-17(16)26-20/h1-12H,(H,25,26)(H,27,29). The van der Waals surface area contributed by atoms with E-state index in [0.717, 1.165) is 21.3 Å². The number of nitrogens with one attached hydrogen (secondary N) is 2. The minimum atomic E-state index is -0.438. The van der Waals surface area contributed by atoms with E-state index in [9.17, 15) is 9.59 Å². The summed E-state index contributed by atoms with van der Waals surface area (Å²) in [5.74, 6) is 0.143. The first-order valence-corrected chi connectivity index (χ1v) is 10.4. The molecule has 5 aromatic rings. The number of aromatic nitrogens is 3. The zero-order chi connectivity index (χ0) is 20.7. The van der Waals surface area contributed by atoms with Crippen LogP contribution in [0, 0.1) is 0 Å². The summed E-state index contributed by atoms with van der Waals surface area (Å²) in [6, 6.07) is 16.6. The number of para-hydroxylation sites is 2. The summed E-state index contributed by atoms with van der Waals surface area (Å²) in [4.78, 5) is 37.2. The number of halogens is 1. The number of benzene rings is 2. The minimum Gasteiger partial charge on any atom is -0.338 e. The molecule has 0 saturated carbocycles. The normalized spacial score (nSPS) is 11.6. The third kappa shape index (κ3) is 3.26. The Hall–Kier alpha value is -3.48. The highest BCUT2D eigenvalue weighted by molar-refractivity contribution is 7.13. The van der Waals surface area contributed by atoms with Crippen molar-refractivity contribution in [1.82, 2.24) is 15.0 Å². The molecular weight excluding hydrogens is 418 g/mol. The molecule has 30 heavy (non-hydrogen) atoms. The zero-order valence-corrected chi connectivity index (χ0v) is 17.1. The second-order valence-electron chi connectivity index (χ2n) is 6.71. The maximum absolute atomic E-state index is 13.1. The van der Waals surface area contributed by atoms with Crippen LogP contribution in [0.25, 0.3) is 38.5 Å². The van der Waals surface area contributed by atoms with E-state index in [-0.39, 0.29) is 5.56 Å². The zero-order valence-electron chi connectivity index (χ0n) is 15.5. The van der Waals surface area contributed by atoms with Gasteiger partial charge in [0.1, 0.15) is 5.82 Å². The summed E-state index contributed by atoms with van der Waals surface area (Å²) in [5, 5.41) is 3.17. The van der Waals surface area contributed by atoms with Gasteiger partial charge in [0.2, 0.25) is 0 Å². The van der Waals surface area contributed by atoms with Crippen LogP contribution in [0.15, 0.2) is 70.8 Å². The first-order chi connectivity index (χ1) is 14.6. The molecule has 5 nitrogen and oxygen atoms in total. The van der Waals surface area contributed by atoms with E-state index in [0.29, 0.717) is 21.9 Å². The van der Waals surface area contributed by atoms with Crippen molar-refractivity contribution in [2.45, 2.75) is 0 Å². The molecule has 5 rings (SSSR count). The van der Waals surface area contributed by atoms with Crippen molar-refractivity contribution in [3.8, 4) is 10.4 Å². The van der Waals surface area contributed by atoms with E-state index in [4.69, 9.17) is 11.6 Å². The van der Waals surface area contributed by atoms with E-state index in [1.807, 2.05) is 41.8 Å². The highest BCUT2D eigenvalue weighted by Crippen LogP contribution is 2.34. The number of allylic oxidation sites excluding steroid dienone is 1. The molecule has 2 aromatic carbocycles. The molecule has 146 valence electrons. The second-order valence-corrected chi connectivity index (χ2v) is 8.09. The van der Waals surface area contributed by atoms with Gasteiger partial charge in [-0.05, 0) is 53.9 Å². The third-order valence-electron chi connectivity index (χ3n) is 4.79. The van der Waals surface area contributed by atoms with E-state index in [1.54, 1.807) is 24.3 Å². The van der Waals surface area contributed by atoms with Crippen LogP contribution in [0.2, 0.25) is 5.02 Å². The summed E-state index contributed by atoms with van der Waals surface area (Å²) in [5.41, 5.74) is 2.55. The Bertz CT molecular complexity index is 1460. The van der Waals surface area contributed by atoms with E-state index >= 15 is 0 Å². The van der Waals surface area contributed by atoms with Crippen LogP contribution in [0.3, 0.4) is 0 Å². The van der Waals surface area contributed by atoms with Crippen LogP contribution in [-0.4, -0.2) is 20.7 Å². The fourth-order valence-electron chi connectivity index (χ4n) is 3.47. The number of rotatable bonds is 4. The average molecular weight is 432 g/mol. The van der Waals surface area contributed by atoms with Crippen LogP contribution in [0.5, 0.6) is 0 Å². The molecule has 3 aromatic heterocycles. The molecule has 0 atom stereocenters. The Morgan fingerprint density at radius 2 is 1.90 bits per heavy atom. The molecule has 2 N–H and O–H groups in total. The number of H-pyrrole nitrogens is 2. The van der Waals surface area contributed by atoms with Gasteiger partial charge >= 0.3 is 0 Å². The number of carbonyl (C=O) groups is 1. The van der Waals surface area contributed by atoms with Gasteiger partial charge in [-0.1, -0.05) is 29.8 Å². The summed E-state index contributed by atoms with van der Waals surface area (Å²) < 4.78 is 0. The van der Waals surface area contributed by atoms with Crippen molar-refractivity contribution in [2.75, 3.05) is 0 Å². The number of pyridine rings is 1. The quantitative estimate of drug-likeness (QED) is 0.283. The van der Waals surface area contributed by atoms with Crippen molar-refractivity contribution < 1.29 is 4.79 Å². The highest BCUT2D eigenvalue weighted by atomic mass is 35.5. The summed E-state index contributed by atoms with van der Waals surface area (Å²) >= 11 is 7.67. The molecule has 0 radical (unpaired) electrons. The number of hydrogen-bond acceptors (Lipinski definition) is 4. The van der Waals surface area contributed by atoms with Gasteiger partial charge in [-0.2, -0.15) is 0 Å². The number of carbonyl (C=O) groups excluding carboxylic acids is 1. The number of fused-ring (bicyclic) bond motifs is 2.